The number of carbonyl (C=O) groups is 1. The zero-order chi connectivity index (χ0) is 21.0. The molecule has 0 aliphatic carbocycles. The van der Waals surface area contributed by atoms with Crippen LogP contribution in [0.15, 0.2) is 52.9 Å². The lowest BCUT2D eigenvalue weighted by Gasteiger charge is -2.07. The average Bonchev–Trinajstić information content (AvgIpc) is 3.05. The van der Waals surface area contributed by atoms with Gasteiger partial charge < -0.3 is 15.5 Å². The Labute approximate surface area is 185 Å². The molecule has 2 aromatic carbocycles. The third kappa shape index (κ3) is 5.24. The van der Waals surface area contributed by atoms with Gasteiger partial charge >= 0.3 is 5.97 Å². The van der Waals surface area contributed by atoms with Crippen LogP contribution in [0.4, 0.5) is 5.69 Å². The Morgan fingerprint density at radius 3 is 2.52 bits per heavy atom. The summed E-state index contributed by atoms with van der Waals surface area (Å²) >= 11 is 18.4. The third-order valence-corrected chi connectivity index (χ3v) is 5.70. The number of hydrogen-bond acceptors (Lipinski definition) is 5. The molecule has 0 radical (unpaired) electrons. The molecule has 0 amide bonds. The Bertz CT molecular complexity index is 1100. The highest BCUT2D eigenvalue weighted by molar-refractivity contribution is 7.80. The van der Waals surface area contributed by atoms with Crippen LogP contribution < -0.4 is 10.7 Å². The molecule has 148 valence electrons. The second-order valence-electron chi connectivity index (χ2n) is 5.70. The summed E-state index contributed by atoms with van der Waals surface area (Å²) in [6, 6.07) is 11.2. The first-order valence-electron chi connectivity index (χ1n) is 8.04. The minimum absolute atomic E-state index is 0.0714. The van der Waals surface area contributed by atoms with E-state index in [0.29, 0.717) is 26.2 Å². The first kappa shape index (κ1) is 21.1. The fourth-order valence-electron chi connectivity index (χ4n) is 2.31. The SMILES string of the molecule is O=C(O)c1ccc(NC(=S)N/N=C/c2csc(-c3ccc(Cl)c(Cl)c3)c2O)cc1. The van der Waals surface area contributed by atoms with Gasteiger partial charge in [-0.3, -0.25) is 5.43 Å². The van der Waals surface area contributed by atoms with Crippen LogP contribution in [-0.4, -0.2) is 27.5 Å². The standard InChI is InChI=1S/C19H13Cl2N3O3S2/c20-14-6-3-11(7-15(14)21)17-16(25)12(9-29-17)8-22-24-19(28)23-13-4-1-10(2-5-13)18(26)27/h1-9,25H,(H,26,27)(H2,23,24,28)/b22-8+. The van der Waals surface area contributed by atoms with Gasteiger partial charge in [0, 0.05) is 16.6 Å². The van der Waals surface area contributed by atoms with Crippen LogP contribution in [0.3, 0.4) is 0 Å². The van der Waals surface area contributed by atoms with Gasteiger partial charge in [-0.15, -0.1) is 11.3 Å². The van der Waals surface area contributed by atoms with E-state index in [1.807, 2.05) is 0 Å². The molecule has 10 heteroatoms. The fourth-order valence-corrected chi connectivity index (χ4v) is 3.69. The van der Waals surface area contributed by atoms with E-state index in [4.69, 9.17) is 40.5 Å². The fraction of sp³-hybridized carbons (Fsp3) is 0. The molecule has 1 heterocycles. The molecule has 0 aliphatic rings. The van der Waals surface area contributed by atoms with Crippen molar-refractivity contribution in [1.29, 1.82) is 0 Å². The number of thiocarbonyl (C=S) groups is 1. The number of nitrogens with one attached hydrogen (secondary N) is 2. The molecule has 0 unspecified atom stereocenters. The van der Waals surface area contributed by atoms with Gasteiger partial charge in [-0.05, 0) is 54.2 Å². The minimum atomic E-state index is -1.00. The molecule has 0 atom stereocenters. The average molecular weight is 466 g/mol. The number of hydrazone groups is 1. The first-order valence-corrected chi connectivity index (χ1v) is 10.1. The maximum Gasteiger partial charge on any atom is 0.335 e. The first-order chi connectivity index (χ1) is 13.8. The summed E-state index contributed by atoms with van der Waals surface area (Å²) < 4.78 is 0. The number of hydrogen-bond donors (Lipinski definition) is 4. The van der Waals surface area contributed by atoms with Crippen molar-refractivity contribution in [3.8, 4) is 16.2 Å². The van der Waals surface area contributed by atoms with E-state index in [1.165, 1.54) is 29.7 Å². The predicted octanol–water partition coefficient (Wildman–Crippen LogP) is 5.45. The van der Waals surface area contributed by atoms with Gasteiger partial charge in [0.25, 0.3) is 0 Å². The van der Waals surface area contributed by atoms with Gasteiger partial charge in [-0.1, -0.05) is 29.3 Å². The maximum atomic E-state index is 10.9. The summed E-state index contributed by atoms with van der Waals surface area (Å²) in [5.74, 6) is -0.931. The summed E-state index contributed by atoms with van der Waals surface area (Å²) in [6.07, 6.45) is 1.44. The second kappa shape index (κ2) is 9.23. The molecular weight excluding hydrogens is 453 g/mol. The number of rotatable bonds is 5. The van der Waals surface area contributed by atoms with Crippen molar-refractivity contribution < 1.29 is 15.0 Å². The Morgan fingerprint density at radius 2 is 1.86 bits per heavy atom. The molecule has 0 fully saturated rings. The smallest absolute Gasteiger partial charge is 0.335 e. The normalized spacial score (nSPS) is 10.8. The van der Waals surface area contributed by atoms with Gasteiger partial charge in [0.05, 0.1) is 26.7 Å². The van der Waals surface area contributed by atoms with Gasteiger partial charge in [-0.25, -0.2) is 4.79 Å². The molecular formula is C19H13Cl2N3O3S2. The van der Waals surface area contributed by atoms with Crippen LogP contribution in [0, 0.1) is 0 Å². The number of carboxylic acid groups (broad SMARTS) is 1. The third-order valence-electron chi connectivity index (χ3n) is 3.73. The van der Waals surface area contributed by atoms with E-state index >= 15 is 0 Å². The number of benzene rings is 2. The molecule has 0 aliphatic heterocycles. The van der Waals surface area contributed by atoms with Crippen LogP contribution in [0.25, 0.3) is 10.4 Å². The highest BCUT2D eigenvalue weighted by Gasteiger charge is 2.12. The molecule has 3 aromatic rings. The van der Waals surface area contributed by atoms with Crippen molar-refractivity contribution in [2.75, 3.05) is 5.32 Å². The van der Waals surface area contributed by atoms with Crippen LogP contribution in [0.2, 0.25) is 10.0 Å². The summed E-state index contributed by atoms with van der Waals surface area (Å²) in [4.78, 5) is 11.5. The number of anilines is 1. The van der Waals surface area contributed by atoms with E-state index in [-0.39, 0.29) is 16.4 Å². The molecule has 0 saturated heterocycles. The zero-order valence-corrected chi connectivity index (χ0v) is 17.7. The number of carboxylic acids is 1. The van der Waals surface area contributed by atoms with Gasteiger partial charge in [-0.2, -0.15) is 5.10 Å². The molecule has 29 heavy (non-hydrogen) atoms. The van der Waals surface area contributed by atoms with Gasteiger partial charge in [0.1, 0.15) is 5.75 Å². The number of aromatic hydroxyl groups is 1. The molecule has 0 spiro atoms. The lowest BCUT2D eigenvalue weighted by molar-refractivity contribution is 0.0697. The highest BCUT2D eigenvalue weighted by atomic mass is 35.5. The van der Waals surface area contributed by atoms with Crippen molar-refractivity contribution in [1.82, 2.24) is 5.43 Å². The lowest BCUT2D eigenvalue weighted by atomic mass is 10.1. The van der Waals surface area contributed by atoms with E-state index in [0.717, 1.165) is 5.56 Å². The topological polar surface area (TPSA) is 94.0 Å². The van der Waals surface area contributed by atoms with E-state index in [2.05, 4.69) is 15.8 Å². The van der Waals surface area contributed by atoms with E-state index < -0.39 is 5.97 Å². The van der Waals surface area contributed by atoms with Crippen molar-refractivity contribution >= 4 is 69.7 Å². The van der Waals surface area contributed by atoms with Crippen LogP contribution in [0.1, 0.15) is 15.9 Å². The Hall–Kier alpha value is -2.65. The molecule has 6 nitrogen and oxygen atoms in total. The van der Waals surface area contributed by atoms with Crippen molar-refractivity contribution in [3.63, 3.8) is 0 Å². The highest BCUT2D eigenvalue weighted by Crippen LogP contribution is 2.39. The van der Waals surface area contributed by atoms with Crippen LogP contribution in [0.5, 0.6) is 5.75 Å². The van der Waals surface area contributed by atoms with Gasteiger partial charge in [0.15, 0.2) is 5.11 Å². The lowest BCUT2D eigenvalue weighted by Crippen LogP contribution is -2.23. The molecule has 0 saturated carbocycles. The predicted molar refractivity (Wildman–Crippen MR) is 122 cm³/mol. The minimum Gasteiger partial charge on any atom is -0.506 e. The molecule has 0 bridgehead atoms. The van der Waals surface area contributed by atoms with Crippen molar-refractivity contribution in [2.45, 2.75) is 0 Å². The molecule has 1 aromatic heterocycles. The summed E-state index contributed by atoms with van der Waals surface area (Å²) in [5, 5.41) is 29.0. The number of nitrogens with zero attached hydrogens (tertiary/aromatic N) is 1. The second-order valence-corrected chi connectivity index (χ2v) is 7.81. The summed E-state index contributed by atoms with van der Waals surface area (Å²) in [6.45, 7) is 0. The van der Waals surface area contributed by atoms with Crippen molar-refractivity contribution in [3.05, 3.63) is 69.0 Å². The number of aromatic carboxylic acids is 1. The van der Waals surface area contributed by atoms with Gasteiger partial charge in [0.2, 0.25) is 0 Å². The summed E-state index contributed by atoms with van der Waals surface area (Å²) in [7, 11) is 0. The van der Waals surface area contributed by atoms with Crippen LogP contribution >= 0.6 is 46.8 Å². The quantitative estimate of drug-likeness (QED) is 0.227. The Kier molecular flexibility index (Phi) is 6.71. The largest absolute Gasteiger partial charge is 0.506 e. The van der Waals surface area contributed by atoms with Crippen molar-refractivity contribution in [2.24, 2.45) is 5.10 Å². The molecule has 4 N–H and O–H groups in total. The molecule has 3 rings (SSSR count). The van der Waals surface area contributed by atoms with E-state index in [1.54, 1.807) is 35.7 Å². The number of thiophene rings is 1. The van der Waals surface area contributed by atoms with E-state index in [9.17, 15) is 9.90 Å². The maximum absolute atomic E-state index is 10.9. The Morgan fingerprint density at radius 1 is 1.14 bits per heavy atom. The zero-order valence-electron chi connectivity index (χ0n) is 14.5. The number of halogens is 2. The monoisotopic (exact) mass is 465 g/mol. The van der Waals surface area contributed by atoms with Crippen LogP contribution in [-0.2, 0) is 0 Å². The summed E-state index contributed by atoms with van der Waals surface area (Å²) in [5.41, 5.74) is 4.69. The Balaban J connectivity index is 1.63.